The minimum Gasteiger partial charge on any atom is -0.479 e. The molecule has 17 N–H and O–H groups in total. The minimum absolute atomic E-state index is 0.852. The molecule has 5 rings (SSSR count). The summed E-state index contributed by atoms with van der Waals surface area (Å²) in [5.74, 6) is -1.84. The fraction of sp³-hybridized carbons (Fsp3) is 0.967. The molecule has 25 unspecified atom stereocenters. The predicted octanol–water partition coefficient (Wildman–Crippen LogP) is -11.8. The summed E-state index contributed by atoms with van der Waals surface area (Å²) in [6, 6.07) is 0. The average Bonchev–Trinajstić information content (AvgIpc) is 3.19. The van der Waals surface area contributed by atoms with Gasteiger partial charge in [0, 0.05) is 0 Å². The van der Waals surface area contributed by atoms with Crippen molar-refractivity contribution in [1.82, 2.24) is 0 Å². The standard InChI is InChI=1S/C30H50O27/c31-1-5-9(35)10(36)16(42)27(50-5)56-23-14(40)19(45)30(57-24(23)25(46)47)55-22-8(4-34)52-29(18(44)13(22)39)54-21-7(3-33)51-28(17(43)12(21)38)53-20-6(2-32)49-26(48)15(41)11(20)37/h5-24,26-45,48H,1-4H2,(H,46,47). The quantitative estimate of drug-likeness (QED) is 0.0818. The molecule has 5 fully saturated rings. The van der Waals surface area contributed by atoms with Gasteiger partial charge in [-0.3, -0.25) is 0 Å². The zero-order valence-electron chi connectivity index (χ0n) is 29.4. The van der Waals surface area contributed by atoms with Crippen molar-refractivity contribution in [3.05, 3.63) is 0 Å². The summed E-state index contributed by atoms with van der Waals surface area (Å²) in [6.07, 6.45) is -48.7. The maximum atomic E-state index is 12.2. The summed E-state index contributed by atoms with van der Waals surface area (Å²) < 4.78 is 48.4. The molecule has 0 bridgehead atoms. The van der Waals surface area contributed by atoms with Crippen LogP contribution in [0, 0.1) is 0 Å². The van der Waals surface area contributed by atoms with Gasteiger partial charge in [-0.2, -0.15) is 0 Å². The van der Waals surface area contributed by atoms with Crippen molar-refractivity contribution < 1.29 is 134 Å². The Morgan fingerprint density at radius 3 is 1.09 bits per heavy atom. The lowest BCUT2D eigenvalue weighted by Crippen LogP contribution is -2.68. The summed E-state index contributed by atoms with van der Waals surface area (Å²) in [7, 11) is 0. The maximum Gasteiger partial charge on any atom is 0.335 e. The van der Waals surface area contributed by atoms with Crippen molar-refractivity contribution in [3.8, 4) is 0 Å². The second kappa shape index (κ2) is 19.5. The molecule has 27 heteroatoms. The van der Waals surface area contributed by atoms with Gasteiger partial charge >= 0.3 is 5.97 Å². The van der Waals surface area contributed by atoms with Gasteiger partial charge in [-0.25, -0.2) is 4.79 Å². The molecule has 0 spiro atoms. The van der Waals surface area contributed by atoms with Crippen molar-refractivity contribution in [2.24, 2.45) is 0 Å². The Morgan fingerprint density at radius 1 is 0.368 bits per heavy atom. The van der Waals surface area contributed by atoms with Crippen LogP contribution in [0.25, 0.3) is 0 Å². The lowest BCUT2D eigenvalue weighted by Gasteiger charge is -2.49. The lowest BCUT2D eigenvalue weighted by atomic mass is 9.95. The van der Waals surface area contributed by atoms with Crippen LogP contribution in [0.1, 0.15) is 0 Å². The Labute approximate surface area is 320 Å². The molecule has 0 amide bonds. The van der Waals surface area contributed by atoms with E-state index in [2.05, 4.69) is 0 Å². The Bertz CT molecular complexity index is 1280. The van der Waals surface area contributed by atoms with Gasteiger partial charge in [0.15, 0.2) is 37.6 Å². The van der Waals surface area contributed by atoms with Crippen LogP contribution in [0.5, 0.6) is 0 Å². The van der Waals surface area contributed by atoms with E-state index < -0.39 is 186 Å². The third-order valence-corrected chi connectivity index (χ3v) is 10.3. The van der Waals surface area contributed by atoms with Crippen LogP contribution >= 0.6 is 0 Å². The molecule has 0 radical (unpaired) electrons. The number of carboxylic acid groups (broad SMARTS) is 1. The highest BCUT2D eigenvalue weighted by Crippen LogP contribution is 2.35. The van der Waals surface area contributed by atoms with Gasteiger partial charge in [0.25, 0.3) is 0 Å². The van der Waals surface area contributed by atoms with E-state index in [1.807, 2.05) is 0 Å². The SMILES string of the molecule is O=C(O)C1OC(OC2C(CO)OC(OC3C(CO)OC(OC4C(CO)OC(O)C(O)C4O)C(O)C3O)C(O)C2O)C(O)C(O)C1OC1OC(CO)C(O)C(O)C1O. The first-order valence-corrected chi connectivity index (χ1v) is 17.6. The Morgan fingerprint density at radius 2 is 0.684 bits per heavy atom. The third kappa shape index (κ3) is 9.38. The van der Waals surface area contributed by atoms with Gasteiger partial charge in [-0.15, -0.1) is 0 Å². The van der Waals surface area contributed by atoms with Crippen LogP contribution in [-0.4, -0.2) is 273 Å². The molecule has 57 heavy (non-hydrogen) atoms. The van der Waals surface area contributed by atoms with Crippen LogP contribution in [0.3, 0.4) is 0 Å². The zero-order valence-corrected chi connectivity index (χ0v) is 29.4. The second-order valence-corrected chi connectivity index (χ2v) is 14.0. The third-order valence-electron chi connectivity index (χ3n) is 10.3. The number of ether oxygens (including phenoxy) is 9. The molecule has 5 heterocycles. The fourth-order valence-electron chi connectivity index (χ4n) is 7.00. The van der Waals surface area contributed by atoms with Gasteiger partial charge in [0.1, 0.15) is 116 Å². The van der Waals surface area contributed by atoms with E-state index in [-0.39, 0.29) is 0 Å². The maximum absolute atomic E-state index is 12.2. The Balaban J connectivity index is 1.24. The largest absolute Gasteiger partial charge is 0.479 e. The van der Waals surface area contributed by atoms with Crippen LogP contribution in [0.2, 0.25) is 0 Å². The van der Waals surface area contributed by atoms with E-state index >= 15 is 0 Å². The topological polar surface area (TPSA) is 444 Å². The predicted molar refractivity (Wildman–Crippen MR) is 167 cm³/mol. The normalized spacial score (nSPS) is 52.4. The van der Waals surface area contributed by atoms with Crippen molar-refractivity contribution in [3.63, 3.8) is 0 Å². The van der Waals surface area contributed by atoms with E-state index in [1.54, 1.807) is 0 Å². The average molecular weight is 843 g/mol. The van der Waals surface area contributed by atoms with Crippen molar-refractivity contribution in [2.45, 2.75) is 154 Å². The zero-order chi connectivity index (χ0) is 42.2. The Hall–Kier alpha value is -1.53. The minimum atomic E-state index is -2.25. The summed E-state index contributed by atoms with van der Waals surface area (Å²) in [4.78, 5) is 12.2. The van der Waals surface area contributed by atoms with Crippen molar-refractivity contribution in [1.29, 1.82) is 0 Å². The molecule has 0 aromatic carbocycles. The molecular weight excluding hydrogens is 792 g/mol. The lowest BCUT2D eigenvalue weighted by molar-refractivity contribution is -0.390. The first-order chi connectivity index (χ1) is 26.9. The molecule has 0 aromatic rings. The summed E-state index contributed by atoms with van der Waals surface area (Å²) >= 11 is 0. The number of aliphatic hydroxyl groups excluding tert-OH is 16. The van der Waals surface area contributed by atoms with E-state index in [9.17, 15) is 91.6 Å². The van der Waals surface area contributed by atoms with E-state index in [1.165, 1.54) is 0 Å². The van der Waals surface area contributed by atoms with Gasteiger partial charge in [0.05, 0.1) is 26.4 Å². The van der Waals surface area contributed by atoms with E-state index in [0.29, 0.717) is 0 Å². The first kappa shape index (κ1) is 46.5. The van der Waals surface area contributed by atoms with Crippen LogP contribution in [-0.2, 0) is 47.4 Å². The fourth-order valence-corrected chi connectivity index (χ4v) is 7.00. The smallest absolute Gasteiger partial charge is 0.335 e. The molecule has 0 aromatic heterocycles. The number of rotatable bonds is 13. The summed E-state index contributed by atoms with van der Waals surface area (Å²) in [5, 5.41) is 175. The first-order valence-electron chi connectivity index (χ1n) is 17.6. The van der Waals surface area contributed by atoms with Gasteiger partial charge in [-0.1, -0.05) is 0 Å². The van der Waals surface area contributed by atoms with Crippen molar-refractivity contribution >= 4 is 5.97 Å². The second-order valence-electron chi connectivity index (χ2n) is 14.0. The van der Waals surface area contributed by atoms with E-state index in [0.717, 1.165) is 0 Å². The highest BCUT2D eigenvalue weighted by molar-refractivity contribution is 5.73. The van der Waals surface area contributed by atoms with Gasteiger partial charge in [-0.05, 0) is 0 Å². The number of aliphatic hydroxyl groups is 16. The monoisotopic (exact) mass is 842 g/mol. The number of aliphatic carboxylic acids is 1. The molecule has 0 saturated carbocycles. The summed E-state index contributed by atoms with van der Waals surface area (Å²) in [5.41, 5.74) is 0. The van der Waals surface area contributed by atoms with Crippen LogP contribution in [0.15, 0.2) is 0 Å². The molecule has 332 valence electrons. The molecule has 25 atom stereocenters. The number of carbonyl (C=O) groups is 1. The van der Waals surface area contributed by atoms with Crippen LogP contribution in [0.4, 0.5) is 0 Å². The molecule has 5 aliphatic rings. The molecule has 5 aliphatic heterocycles. The molecule has 5 saturated heterocycles. The van der Waals surface area contributed by atoms with E-state index in [4.69, 9.17) is 42.6 Å². The molecule has 0 aliphatic carbocycles. The Kier molecular flexibility index (Phi) is 15.9. The molecule has 27 nitrogen and oxygen atoms in total. The van der Waals surface area contributed by atoms with Gasteiger partial charge in [0.2, 0.25) is 0 Å². The van der Waals surface area contributed by atoms with Crippen LogP contribution < -0.4 is 0 Å². The summed E-state index contributed by atoms with van der Waals surface area (Å²) in [6.45, 7) is -3.76. The highest BCUT2D eigenvalue weighted by Gasteiger charge is 2.57. The van der Waals surface area contributed by atoms with Gasteiger partial charge < -0.3 is 129 Å². The highest BCUT2D eigenvalue weighted by atomic mass is 16.8. The van der Waals surface area contributed by atoms with Crippen molar-refractivity contribution in [2.75, 3.05) is 26.4 Å². The number of hydrogen-bond acceptors (Lipinski definition) is 26. The number of carboxylic acids is 1. The molecular formula is C30H50O27. The number of hydrogen-bond donors (Lipinski definition) is 17.